The lowest BCUT2D eigenvalue weighted by Crippen LogP contribution is -2.36. The third-order valence-corrected chi connectivity index (χ3v) is 2.54. The fourth-order valence-corrected chi connectivity index (χ4v) is 1.64. The molecule has 0 aliphatic rings. The summed E-state index contributed by atoms with van der Waals surface area (Å²) in [6, 6.07) is 10.7. The van der Waals surface area contributed by atoms with Crippen molar-refractivity contribution in [2.45, 2.75) is 32.7 Å². The van der Waals surface area contributed by atoms with E-state index in [1.54, 1.807) is 0 Å². The highest BCUT2D eigenvalue weighted by atomic mass is 127. The van der Waals surface area contributed by atoms with Gasteiger partial charge < -0.3 is 15.8 Å². The van der Waals surface area contributed by atoms with Crippen molar-refractivity contribution >= 4 is 29.9 Å². The van der Waals surface area contributed by atoms with Crippen LogP contribution in [0.3, 0.4) is 0 Å². The van der Waals surface area contributed by atoms with Gasteiger partial charge in [-0.05, 0) is 32.3 Å². The number of aliphatic imine (C=N–C) groups is 1. The van der Waals surface area contributed by atoms with Crippen molar-refractivity contribution in [1.29, 1.82) is 0 Å². The molecular formula is C15H26IN3O. The Hall–Kier alpha value is -0.820. The van der Waals surface area contributed by atoms with Gasteiger partial charge in [0.2, 0.25) is 0 Å². The van der Waals surface area contributed by atoms with Crippen LogP contribution in [0.25, 0.3) is 0 Å². The van der Waals surface area contributed by atoms with E-state index in [0.29, 0.717) is 18.5 Å². The highest BCUT2D eigenvalue weighted by Gasteiger charge is 1.95. The minimum atomic E-state index is 0. The molecule has 0 spiro atoms. The predicted octanol–water partition coefficient (Wildman–Crippen LogP) is 2.57. The number of benzene rings is 1. The number of guanidine groups is 1. The molecule has 1 aromatic rings. The summed E-state index contributed by atoms with van der Waals surface area (Å²) in [5.41, 5.74) is 7.00. The van der Waals surface area contributed by atoms with Crippen LogP contribution in [0, 0.1) is 0 Å². The van der Waals surface area contributed by atoms with Crippen LogP contribution in [0.5, 0.6) is 0 Å². The number of nitrogens with two attached hydrogens (primary N) is 1. The highest BCUT2D eigenvalue weighted by molar-refractivity contribution is 14.0. The van der Waals surface area contributed by atoms with Crippen molar-refractivity contribution < 1.29 is 4.74 Å². The minimum absolute atomic E-state index is 0. The lowest BCUT2D eigenvalue weighted by Gasteiger charge is -2.08. The Morgan fingerprint density at radius 1 is 1.25 bits per heavy atom. The average molecular weight is 391 g/mol. The highest BCUT2D eigenvalue weighted by Crippen LogP contribution is 1.99. The van der Waals surface area contributed by atoms with Crippen molar-refractivity contribution in [3.8, 4) is 0 Å². The van der Waals surface area contributed by atoms with Gasteiger partial charge in [0.25, 0.3) is 0 Å². The maximum Gasteiger partial charge on any atom is 0.188 e. The van der Waals surface area contributed by atoms with Gasteiger partial charge in [0, 0.05) is 19.2 Å². The lowest BCUT2D eigenvalue weighted by molar-refractivity contribution is 0.136. The van der Waals surface area contributed by atoms with E-state index < -0.39 is 0 Å². The van der Waals surface area contributed by atoms with Gasteiger partial charge in [0.15, 0.2) is 5.96 Å². The minimum Gasteiger partial charge on any atom is -0.381 e. The van der Waals surface area contributed by atoms with Crippen molar-refractivity contribution in [3.05, 3.63) is 35.9 Å². The Kier molecular flexibility index (Phi) is 11.5. The molecule has 0 aliphatic carbocycles. The van der Waals surface area contributed by atoms with Crippen LogP contribution >= 0.6 is 24.0 Å². The molecule has 0 amide bonds. The van der Waals surface area contributed by atoms with Crippen molar-refractivity contribution in [1.82, 2.24) is 5.32 Å². The second-order valence-corrected chi connectivity index (χ2v) is 4.77. The van der Waals surface area contributed by atoms with E-state index in [1.807, 2.05) is 19.9 Å². The molecule has 1 aromatic carbocycles. The molecular weight excluding hydrogens is 365 g/mol. The molecule has 0 aromatic heterocycles. The van der Waals surface area contributed by atoms with E-state index in [0.717, 1.165) is 26.1 Å². The molecule has 0 heterocycles. The number of ether oxygens (including phenoxy) is 1. The topological polar surface area (TPSA) is 59.6 Å². The molecule has 0 saturated heterocycles. The van der Waals surface area contributed by atoms with Crippen LogP contribution in [0.1, 0.15) is 25.8 Å². The third kappa shape index (κ3) is 10.0. The number of hydrogen-bond donors (Lipinski definition) is 2. The van der Waals surface area contributed by atoms with Crippen LogP contribution in [0.4, 0.5) is 0 Å². The number of nitrogens with one attached hydrogen (secondary N) is 1. The zero-order valence-corrected chi connectivity index (χ0v) is 14.7. The van der Waals surface area contributed by atoms with Crippen LogP contribution in [-0.2, 0) is 11.2 Å². The molecule has 114 valence electrons. The first-order valence-electron chi connectivity index (χ1n) is 6.86. The van der Waals surface area contributed by atoms with Gasteiger partial charge in [-0.1, -0.05) is 30.3 Å². The number of halogens is 1. The summed E-state index contributed by atoms with van der Waals surface area (Å²) in [7, 11) is 0. The molecule has 0 bridgehead atoms. The van der Waals surface area contributed by atoms with Gasteiger partial charge in [0.05, 0.1) is 6.61 Å². The monoisotopic (exact) mass is 391 g/mol. The molecule has 5 heteroatoms. The van der Waals surface area contributed by atoms with Crippen LogP contribution < -0.4 is 11.1 Å². The molecule has 0 atom stereocenters. The standard InChI is InChI=1S/C15H25N3O.HI/c1-13(2)18-15(16)17-10-6-11-19-12-9-14-7-4-3-5-8-14;/h3-5,7-8,13H,6,9-12H2,1-2H3,(H3,16,17,18);1H. The van der Waals surface area contributed by atoms with Gasteiger partial charge in [-0.15, -0.1) is 24.0 Å². The molecule has 0 aliphatic heterocycles. The Morgan fingerprint density at radius 2 is 1.95 bits per heavy atom. The largest absolute Gasteiger partial charge is 0.381 e. The molecule has 1 rings (SSSR count). The Balaban J connectivity index is 0.00000361. The molecule has 0 radical (unpaired) electrons. The van der Waals surface area contributed by atoms with E-state index >= 15 is 0 Å². The third-order valence-electron chi connectivity index (χ3n) is 2.54. The maximum atomic E-state index is 5.69. The zero-order valence-electron chi connectivity index (χ0n) is 12.3. The first-order valence-corrected chi connectivity index (χ1v) is 6.86. The SMILES string of the molecule is CC(C)NC(N)=NCCCOCCc1ccccc1.I. The Morgan fingerprint density at radius 3 is 2.60 bits per heavy atom. The van der Waals surface area contributed by atoms with Gasteiger partial charge in [-0.3, -0.25) is 4.99 Å². The second kappa shape index (κ2) is 12.0. The molecule has 0 fully saturated rings. The summed E-state index contributed by atoms with van der Waals surface area (Å²) in [5, 5.41) is 3.05. The molecule has 0 saturated carbocycles. The first-order chi connectivity index (χ1) is 9.18. The number of rotatable bonds is 8. The normalized spacial score (nSPS) is 11.2. The molecule has 20 heavy (non-hydrogen) atoms. The Bertz CT molecular complexity index is 369. The smallest absolute Gasteiger partial charge is 0.188 e. The van der Waals surface area contributed by atoms with E-state index in [-0.39, 0.29) is 24.0 Å². The number of nitrogens with zero attached hydrogens (tertiary/aromatic N) is 1. The summed E-state index contributed by atoms with van der Waals surface area (Å²) in [6.45, 7) is 6.26. The van der Waals surface area contributed by atoms with E-state index in [9.17, 15) is 0 Å². The molecule has 0 unspecified atom stereocenters. The summed E-state index contributed by atoms with van der Waals surface area (Å²) in [5.74, 6) is 0.513. The van der Waals surface area contributed by atoms with Crippen LogP contribution in [0.2, 0.25) is 0 Å². The van der Waals surface area contributed by atoms with E-state index in [2.05, 4.69) is 34.6 Å². The summed E-state index contributed by atoms with van der Waals surface area (Å²) >= 11 is 0. The van der Waals surface area contributed by atoms with Gasteiger partial charge in [-0.25, -0.2) is 0 Å². The van der Waals surface area contributed by atoms with Crippen molar-refractivity contribution in [3.63, 3.8) is 0 Å². The first kappa shape index (κ1) is 19.2. The van der Waals surface area contributed by atoms with Gasteiger partial charge >= 0.3 is 0 Å². The predicted molar refractivity (Wildman–Crippen MR) is 95.8 cm³/mol. The lowest BCUT2D eigenvalue weighted by atomic mass is 10.2. The summed E-state index contributed by atoms with van der Waals surface area (Å²) in [4.78, 5) is 4.22. The van der Waals surface area contributed by atoms with Crippen LogP contribution in [-0.4, -0.2) is 31.8 Å². The Labute approximate surface area is 139 Å². The second-order valence-electron chi connectivity index (χ2n) is 4.77. The fourth-order valence-electron chi connectivity index (χ4n) is 1.64. The average Bonchev–Trinajstić information content (AvgIpc) is 2.38. The quantitative estimate of drug-likeness (QED) is 0.310. The van der Waals surface area contributed by atoms with Crippen LogP contribution in [0.15, 0.2) is 35.3 Å². The van der Waals surface area contributed by atoms with E-state index in [1.165, 1.54) is 5.56 Å². The maximum absolute atomic E-state index is 5.69. The van der Waals surface area contributed by atoms with Gasteiger partial charge in [0.1, 0.15) is 0 Å². The van der Waals surface area contributed by atoms with E-state index in [4.69, 9.17) is 10.5 Å². The van der Waals surface area contributed by atoms with Gasteiger partial charge in [-0.2, -0.15) is 0 Å². The molecule has 3 N–H and O–H groups in total. The zero-order chi connectivity index (χ0) is 13.9. The molecule has 4 nitrogen and oxygen atoms in total. The fraction of sp³-hybridized carbons (Fsp3) is 0.533. The summed E-state index contributed by atoms with van der Waals surface area (Å²) in [6.07, 6.45) is 1.86. The number of hydrogen-bond acceptors (Lipinski definition) is 2. The van der Waals surface area contributed by atoms with Crippen molar-refractivity contribution in [2.75, 3.05) is 19.8 Å². The van der Waals surface area contributed by atoms with Crippen molar-refractivity contribution in [2.24, 2.45) is 10.7 Å². The summed E-state index contributed by atoms with van der Waals surface area (Å²) < 4.78 is 5.57.